The number of thiazole rings is 1. The number of rotatable bonds is 4. The number of anilines is 2. The van der Waals surface area contributed by atoms with Crippen LogP contribution in [0.4, 0.5) is 15.9 Å². The minimum Gasteiger partial charge on any atom is -0.325 e. The molecular formula is C14H15FN4S. The lowest BCUT2D eigenvalue weighted by molar-refractivity contribution is 0.628. The summed E-state index contributed by atoms with van der Waals surface area (Å²) >= 11 is 1.57. The van der Waals surface area contributed by atoms with Crippen molar-refractivity contribution in [2.75, 3.05) is 11.4 Å². The highest BCUT2D eigenvalue weighted by atomic mass is 32.1. The van der Waals surface area contributed by atoms with Gasteiger partial charge in [0.15, 0.2) is 10.8 Å². The predicted molar refractivity (Wildman–Crippen MR) is 80.0 cm³/mol. The largest absolute Gasteiger partial charge is 0.325 e. The summed E-state index contributed by atoms with van der Waals surface area (Å²) in [4.78, 5) is 7.61. The number of hydrogen-bond donors (Lipinski definition) is 1. The molecule has 4 nitrogen and oxygen atoms in total. The smallest absolute Gasteiger partial charge is 0.195 e. The lowest BCUT2D eigenvalue weighted by atomic mass is 10.2. The quantitative estimate of drug-likeness (QED) is 0.803. The number of imidazole rings is 1. The van der Waals surface area contributed by atoms with E-state index in [1.54, 1.807) is 23.5 Å². The van der Waals surface area contributed by atoms with Gasteiger partial charge >= 0.3 is 0 Å². The molecule has 0 aliphatic carbocycles. The van der Waals surface area contributed by atoms with Gasteiger partial charge in [-0.05, 0) is 31.2 Å². The predicted octanol–water partition coefficient (Wildman–Crippen LogP) is 3.15. The van der Waals surface area contributed by atoms with Gasteiger partial charge < -0.3 is 10.6 Å². The third kappa shape index (κ3) is 2.07. The second-order valence-electron chi connectivity index (χ2n) is 4.36. The molecule has 0 atom stereocenters. The van der Waals surface area contributed by atoms with Crippen LogP contribution in [0.25, 0.3) is 4.96 Å². The van der Waals surface area contributed by atoms with Crippen molar-refractivity contribution < 1.29 is 4.39 Å². The summed E-state index contributed by atoms with van der Waals surface area (Å²) in [5.41, 5.74) is 7.75. The molecule has 0 fully saturated rings. The summed E-state index contributed by atoms with van der Waals surface area (Å²) in [6, 6.07) is 6.43. The van der Waals surface area contributed by atoms with Gasteiger partial charge in [0.1, 0.15) is 5.82 Å². The zero-order valence-electron chi connectivity index (χ0n) is 11.1. The number of nitrogens with two attached hydrogens (primary N) is 1. The Kier molecular flexibility index (Phi) is 3.42. The fraction of sp³-hybridized carbons (Fsp3) is 0.214. The second-order valence-corrected chi connectivity index (χ2v) is 5.24. The molecule has 104 valence electrons. The molecular weight excluding hydrogens is 275 g/mol. The lowest BCUT2D eigenvalue weighted by Crippen LogP contribution is -2.19. The van der Waals surface area contributed by atoms with Gasteiger partial charge in [-0.3, -0.25) is 4.40 Å². The van der Waals surface area contributed by atoms with E-state index >= 15 is 0 Å². The average molecular weight is 290 g/mol. The van der Waals surface area contributed by atoms with Crippen molar-refractivity contribution in [1.29, 1.82) is 0 Å². The maximum atomic E-state index is 13.1. The van der Waals surface area contributed by atoms with Crippen LogP contribution in [0.1, 0.15) is 12.6 Å². The Morgan fingerprint density at radius 3 is 2.75 bits per heavy atom. The van der Waals surface area contributed by atoms with Crippen LogP contribution in [-0.2, 0) is 6.54 Å². The molecule has 0 unspecified atom stereocenters. The van der Waals surface area contributed by atoms with Gasteiger partial charge in [-0.1, -0.05) is 0 Å². The first kappa shape index (κ1) is 13.1. The molecule has 0 aliphatic rings. The number of aromatic nitrogens is 2. The molecule has 2 N–H and O–H groups in total. The Hall–Kier alpha value is -1.92. The number of halogens is 1. The zero-order valence-corrected chi connectivity index (χ0v) is 11.9. The second kappa shape index (κ2) is 5.22. The maximum absolute atomic E-state index is 13.1. The van der Waals surface area contributed by atoms with Crippen LogP contribution in [0, 0.1) is 5.82 Å². The topological polar surface area (TPSA) is 46.6 Å². The summed E-state index contributed by atoms with van der Waals surface area (Å²) in [6.07, 6.45) is 1.97. The standard InChI is InChI=1S/C14H15FN4S/c1-2-18(11-5-3-10(15)4-6-11)13-12(9-16)19-7-8-20-14(19)17-13/h3-8H,2,9,16H2,1H3. The van der Waals surface area contributed by atoms with Crippen LogP contribution in [0.5, 0.6) is 0 Å². The zero-order chi connectivity index (χ0) is 14.1. The molecule has 0 amide bonds. The lowest BCUT2D eigenvalue weighted by Gasteiger charge is -2.22. The SMILES string of the molecule is CCN(c1ccc(F)cc1)c1nc2sccn2c1CN. The van der Waals surface area contributed by atoms with E-state index in [4.69, 9.17) is 5.73 Å². The van der Waals surface area contributed by atoms with E-state index in [-0.39, 0.29) is 5.82 Å². The summed E-state index contributed by atoms with van der Waals surface area (Å²) in [5, 5.41) is 1.99. The van der Waals surface area contributed by atoms with Crippen molar-refractivity contribution in [2.45, 2.75) is 13.5 Å². The molecule has 0 spiro atoms. The highest BCUT2D eigenvalue weighted by molar-refractivity contribution is 7.15. The van der Waals surface area contributed by atoms with Gasteiger partial charge in [0.25, 0.3) is 0 Å². The summed E-state index contributed by atoms with van der Waals surface area (Å²) in [7, 11) is 0. The fourth-order valence-corrected chi connectivity index (χ4v) is 3.03. The molecule has 0 saturated heterocycles. The number of nitrogens with zero attached hydrogens (tertiary/aromatic N) is 3. The van der Waals surface area contributed by atoms with Crippen LogP contribution in [0.3, 0.4) is 0 Å². The number of fused-ring (bicyclic) bond motifs is 1. The van der Waals surface area contributed by atoms with Crippen LogP contribution in [0.15, 0.2) is 35.8 Å². The van der Waals surface area contributed by atoms with Crippen LogP contribution >= 0.6 is 11.3 Å². The van der Waals surface area contributed by atoms with E-state index in [0.717, 1.165) is 28.7 Å². The Morgan fingerprint density at radius 1 is 1.35 bits per heavy atom. The van der Waals surface area contributed by atoms with E-state index < -0.39 is 0 Å². The molecule has 0 aliphatic heterocycles. The number of hydrogen-bond acceptors (Lipinski definition) is 4. The number of benzene rings is 1. The summed E-state index contributed by atoms with van der Waals surface area (Å²) in [5.74, 6) is 0.600. The van der Waals surface area contributed by atoms with Crippen LogP contribution < -0.4 is 10.6 Å². The van der Waals surface area contributed by atoms with E-state index in [1.165, 1.54) is 12.1 Å². The van der Waals surface area contributed by atoms with Crippen molar-refractivity contribution >= 4 is 27.8 Å². The van der Waals surface area contributed by atoms with Crippen LogP contribution in [-0.4, -0.2) is 15.9 Å². The Bertz CT molecular complexity index is 716. The molecule has 0 bridgehead atoms. The summed E-state index contributed by atoms with van der Waals surface area (Å²) < 4.78 is 15.1. The third-order valence-corrected chi connectivity index (χ3v) is 4.00. The Morgan fingerprint density at radius 2 is 2.10 bits per heavy atom. The van der Waals surface area contributed by atoms with Crippen molar-refractivity contribution in [2.24, 2.45) is 5.73 Å². The monoisotopic (exact) mass is 290 g/mol. The molecule has 20 heavy (non-hydrogen) atoms. The van der Waals surface area contributed by atoms with Gasteiger partial charge in [0.05, 0.1) is 5.69 Å². The first-order chi connectivity index (χ1) is 9.74. The first-order valence-corrected chi connectivity index (χ1v) is 7.30. The van der Waals surface area contributed by atoms with Gasteiger partial charge in [-0.15, -0.1) is 11.3 Å². The third-order valence-electron chi connectivity index (χ3n) is 3.24. The molecule has 0 saturated carbocycles. The van der Waals surface area contributed by atoms with Crippen molar-refractivity contribution in [3.63, 3.8) is 0 Å². The van der Waals surface area contributed by atoms with Gasteiger partial charge in [-0.2, -0.15) is 0 Å². The van der Waals surface area contributed by atoms with E-state index in [9.17, 15) is 4.39 Å². The van der Waals surface area contributed by atoms with E-state index in [2.05, 4.69) is 4.98 Å². The molecule has 2 heterocycles. The minimum absolute atomic E-state index is 0.241. The highest BCUT2D eigenvalue weighted by Gasteiger charge is 2.18. The Labute approximate surface area is 120 Å². The summed E-state index contributed by atoms with van der Waals surface area (Å²) in [6.45, 7) is 3.19. The minimum atomic E-state index is -0.241. The van der Waals surface area contributed by atoms with Gasteiger partial charge in [0.2, 0.25) is 0 Å². The van der Waals surface area contributed by atoms with Crippen LogP contribution in [0.2, 0.25) is 0 Å². The molecule has 3 rings (SSSR count). The molecule has 0 radical (unpaired) electrons. The van der Waals surface area contributed by atoms with E-state index in [0.29, 0.717) is 6.54 Å². The first-order valence-electron chi connectivity index (χ1n) is 6.42. The van der Waals surface area contributed by atoms with Crippen molar-refractivity contribution in [1.82, 2.24) is 9.38 Å². The van der Waals surface area contributed by atoms with E-state index in [1.807, 2.05) is 27.8 Å². The molecule has 3 aromatic rings. The fourth-order valence-electron chi connectivity index (χ4n) is 2.30. The van der Waals surface area contributed by atoms with Gasteiger partial charge in [-0.25, -0.2) is 9.37 Å². The van der Waals surface area contributed by atoms with Gasteiger partial charge in [0, 0.05) is 30.4 Å². The average Bonchev–Trinajstić information content (AvgIpc) is 3.02. The molecule has 2 aromatic heterocycles. The highest BCUT2D eigenvalue weighted by Crippen LogP contribution is 2.30. The van der Waals surface area contributed by atoms with Crippen molar-refractivity contribution in [3.8, 4) is 0 Å². The Balaban J connectivity index is 2.10. The normalized spacial score (nSPS) is 11.2. The van der Waals surface area contributed by atoms with Crippen molar-refractivity contribution in [3.05, 3.63) is 47.4 Å². The maximum Gasteiger partial charge on any atom is 0.195 e. The molecule has 6 heteroatoms. The molecule has 1 aromatic carbocycles.